The molecule has 18 heavy (non-hydrogen) atoms. The molecule has 2 rings (SSSR count). The van der Waals surface area contributed by atoms with Crippen LogP contribution in [0.4, 0.5) is 10.8 Å². The lowest BCUT2D eigenvalue weighted by molar-refractivity contribution is 0.0595. The maximum absolute atomic E-state index is 11.3. The summed E-state index contributed by atoms with van der Waals surface area (Å²) in [7, 11) is 1.32. The summed E-state index contributed by atoms with van der Waals surface area (Å²) in [6.45, 7) is 0. The number of carbonyl (C=O) groups is 1. The summed E-state index contributed by atoms with van der Waals surface area (Å²) in [4.78, 5) is 15.4. The van der Waals surface area contributed by atoms with Crippen LogP contribution in [-0.2, 0) is 4.74 Å². The van der Waals surface area contributed by atoms with Crippen LogP contribution in [-0.4, -0.2) is 18.1 Å². The van der Waals surface area contributed by atoms with Gasteiger partial charge in [0.2, 0.25) is 0 Å². The van der Waals surface area contributed by atoms with E-state index in [2.05, 4.69) is 31.0 Å². The van der Waals surface area contributed by atoms with Gasteiger partial charge in [-0.2, -0.15) is 0 Å². The van der Waals surface area contributed by atoms with Crippen molar-refractivity contribution in [1.29, 1.82) is 0 Å². The molecule has 0 saturated carbocycles. The second kappa shape index (κ2) is 5.69. The van der Waals surface area contributed by atoms with Crippen LogP contribution in [0, 0.1) is 0 Å². The quantitative estimate of drug-likeness (QED) is 0.850. The molecule has 1 N–H and O–H groups in total. The second-order valence-electron chi connectivity index (χ2n) is 3.26. The van der Waals surface area contributed by atoms with E-state index in [9.17, 15) is 4.79 Å². The molecule has 0 fully saturated rings. The van der Waals surface area contributed by atoms with Gasteiger partial charge in [-0.15, -0.1) is 11.3 Å². The molecule has 4 nitrogen and oxygen atoms in total. The predicted octanol–water partition coefficient (Wildman–Crippen LogP) is 4.09. The minimum absolute atomic E-state index is 0.281. The van der Waals surface area contributed by atoms with E-state index in [1.165, 1.54) is 18.4 Å². The molecule has 1 heterocycles. The minimum atomic E-state index is -0.454. The monoisotopic (exact) mass is 346 g/mol. The number of halogens is 2. The lowest BCUT2D eigenvalue weighted by atomic mass is 10.3. The lowest BCUT2D eigenvalue weighted by Crippen LogP contribution is -2.01. The summed E-state index contributed by atoms with van der Waals surface area (Å²) in [5.41, 5.74) is 1.07. The van der Waals surface area contributed by atoms with Crippen molar-refractivity contribution >= 4 is 55.7 Å². The molecule has 0 amide bonds. The summed E-state index contributed by atoms with van der Waals surface area (Å²) in [5.74, 6) is -0.454. The zero-order valence-corrected chi connectivity index (χ0v) is 12.4. The molecule has 7 heteroatoms. The summed E-state index contributed by atoms with van der Waals surface area (Å²) in [5, 5.41) is 5.91. The molecule has 0 atom stereocenters. The number of nitrogens with one attached hydrogen (secondary N) is 1. The Morgan fingerprint density at radius 2 is 2.33 bits per heavy atom. The van der Waals surface area contributed by atoms with Gasteiger partial charge in [0, 0.05) is 5.38 Å². The zero-order chi connectivity index (χ0) is 13.1. The van der Waals surface area contributed by atoms with Crippen molar-refractivity contribution in [3.05, 3.63) is 38.8 Å². The highest BCUT2D eigenvalue weighted by atomic mass is 79.9. The molecule has 0 bridgehead atoms. The summed E-state index contributed by atoms with van der Waals surface area (Å²) in [6, 6.07) is 5.46. The zero-order valence-electron chi connectivity index (χ0n) is 9.24. The maximum atomic E-state index is 11.3. The molecule has 94 valence electrons. The van der Waals surface area contributed by atoms with Crippen LogP contribution in [0.15, 0.2) is 28.1 Å². The number of hydrogen-bond donors (Lipinski definition) is 1. The summed E-state index contributed by atoms with van der Waals surface area (Å²) in [6.07, 6.45) is 0. The van der Waals surface area contributed by atoms with Crippen molar-refractivity contribution in [3.8, 4) is 0 Å². The maximum Gasteiger partial charge on any atom is 0.357 e. The number of benzene rings is 1. The fraction of sp³-hybridized carbons (Fsp3) is 0.0909. The number of aromatic nitrogens is 1. The molecular formula is C11H8BrClN2O2S. The van der Waals surface area contributed by atoms with Gasteiger partial charge in [0.05, 0.1) is 22.3 Å². The first kappa shape index (κ1) is 13.3. The van der Waals surface area contributed by atoms with E-state index in [1.807, 2.05) is 12.1 Å². The van der Waals surface area contributed by atoms with E-state index < -0.39 is 5.97 Å². The average molecular weight is 348 g/mol. The molecule has 0 aliphatic carbocycles. The molecule has 0 aliphatic heterocycles. The first-order valence-electron chi connectivity index (χ1n) is 4.86. The average Bonchev–Trinajstić information content (AvgIpc) is 2.82. The number of esters is 1. The van der Waals surface area contributed by atoms with Crippen LogP contribution in [0.2, 0.25) is 5.02 Å². The van der Waals surface area contributed by atoms with Gasteiger partial charge in [0.15, 0.2) is 10.8 Å². The lowest BCUT2D eigenvalue weighted by Gasteiger charge is -2.06. The third kappa shape index (κ3) is 2.82. The fourth-order valence-corrected chi connectivity index (χ4v) is 2.48. The van der Waals surface area contributed by atoms with Gasteiger partial charge >= 0.3 is 5.97 Å². The van der Waals surface area contributed by atoms with Crippen LogP contribution < -0.4 is 5.32 Å². The molecule has 0 saturated heterocycles. The van der Waals surface area contributed by atoms with E-state index in [-0.39, 0.29) is 5.69 Å². The largest absolute Gasteiger partial charge is 0.464 e. The third-order valence-corrected chi connectivity index (χ3v) is 4.25. The fourth-order valence-electron chi connectivity index (χ4n) is 1.25. The number of nitrogens with zero attached hydrogens (tertiary/aromatic N) is 1. The number of carbonyl (C=O) groups excluding carboxylic acids is 1. The minimum Gasteiger partial charge on any atom is -0.464 e. The first-order valence-corrected chi connectivity index (χ1v) is 6.91. The molecule has 0 radical (unpaired) electrons. The Labute approximate surface area is 121 Å². The van der Waals surface area contributed by atoms with Crippen molar-refractivity contribution in [2.45, 2.75) is 0 Å². The van der Waals surface area contributed by atoms with Crippen LogP contribution in [0.3, 0.4) is 0 Å². The van der Waals surface area contributed by atoms with Gasteiger partial charge in [-0.3, -0.25) is 0 Å². The molecule has 1 aromatic heterocycles. The second-order valence-corrected chi connectivity index (χ2v) is 5.31. The predicted molar refractivity (Wildman–Crippen MR) is 75.9 cm³/mol. The van der Waals surface area contributed by atoms with E-state index >= 15 is 0 Å². The molecule has 0 unspecified atom stereocenters. The van der Waals surface area contributed by atoms with Crippen molar-refractivity contribution in [2.75, 3.05) is 12.4 Å². The van der Waals surface area contributed by atoms with Gasteiger partial charge in [-0.05, 0) is 28.1 Å². The highest BCUT2D eigenvalue weighted by molar-refractivity contribution is 9.10. The number of methoxy groups -OCH3 is 1. The Balaban J connectivity index is 2.21. The van der Waals surface area contributed by atoms with Gasteiger partial charge in [0.1, 0.15) is 0 Å². The van der Waals surface area contributed by atoms with Crippen LogP contribution in [0.5, 0.6) is 0 Å². The van der Waals surface area contributed by atoms with E-state index in [0.717, 1.165) is 10.2 Å². The molecular weight excluding hydrogens is 340 g/mol. The van der Waals surface area contributed by atoms with Crippen molar-refractivity contribution in [1.82, 2.24) is 4.98 Å². The van der Waals surface area contributed by atoms with E-state index in [1.54, 1.807) is 11.4 Å². The normalized spacial score (nSPS) is 10.2. The van der Waals surface area contributed by atoms with Gasteiger partial charge in [-0.1, -0.05) is 17.7 Å². The Kier molecular flexibility index (Phi) is 4.21. The number of ether oxygens (including phenoxy) is 1. The number of thiazole rings is 1. The highest BCUT2D eigenvalue weighted by Crippen LogP contribution is 2.32. The Morgan fingerprint density at radius 1 is 1.56 bits per heavy atom. The van der Waals surface area contributed by atoms with Crippen molar-refractivity contribution < 1.29 is 9.53 Å². The summed E-state index contributed by atoms with van der Waals surface area (Å²) >= 11 is 10.7. The van der Waals surface area contributed by atoms with Crippen molar-refractivity contribution in [3.63, 3.8) is 0 Å². The van der Waals surface area contributed by atoms with Crippen LogP contribution in [0.25, 0.3) is 0 Å². The summed E-state index contributed by atoms with van der Waals surface area (Å²) < 4.78 is 5.34. The first-order chi connectivity index (χ1) is 8.61. The van der Waals surface area contributed by atoms with Crippen molar-refractivity contribution in [2.24, 2.45) is 0 Å². The highest BCUT2D eigenvalue weighted by Gasteiger charge is 2.11. The molecule has 0 aliphatic rings. The Hall–Kier alpha value is -1.11. The Morgan fingerprint density at radius 3 is 3.06 bits per heavy atom. The van der Waals surface area contributed by atoms with E-state index in [4.69, 9.17) is 11.6 Å². The van der Waals surface area contributed by atoms with Gasteiger partial charge < -0.3 is 10.1 Å². The third-order valence-electron chi connectivity index (χ3n) is 2.09. The van der Waals surface area contributed by atoms with Crippen LogP contribution in [0.1, 0.15) is 10.5 Å². The number of hydrogen-bond acceptors (Lipinski definition) is 5. The molecule has 1 aromatic carbocycles. The standard InChI is InChI=1S/C11H8BrClN2O2S/c1-17-10(16)8-5-18-11(15-8)14-7-4-2-3-6(13)9(7)12/h2-5H,1H3,(H,14,15). The van der Waals surface area contributed by atoms with Gasteiger partial charge in [-0.25, -0.2) is 9.78 Å². The topological polar surface area (TPSA) is 51.2 Å². The molecule has 2 aromatic rings. The number of anilines is 2. The number of rotatable bonds is 3. The van der Waals surface area contributed by atoms with E-state index in [0.29, 0.717) is 10.2 Å². The van der Waals surface area contributed by atoms with Gasteiger partial charge in [0.25, 0.3) is 0 Å². The molecule has 0 spiro atoms. The SMILES string of the molecule is COC(=O)c1csc(Nc2cccc(Cl)c2Br)n1. The Bertz CT molecular complexity index is 588. The van der Waals surface area contributed by atoms with Crippen LogP contribution >= 0.6 is 38.9 Å². The smallest absolute Gasteiger partial charge is 0.357 e.